The van der Waals surface area contributed by atoms with Gasteiger partial charge in [-0.25, -0.2) is 9.48 Å². The van der Waals surface area contributed by atoms with Crippen molar-refractivity contribution in [3.8, 4) is 22.7 Å². The number of nitrogens with zero attached hydrogens (tertiary/aromatic N) is 3. The number of benzene rings is 3. The zero-order valence-corrected chi connectivity index (χ0v) is 19.2. The van der Waals surface area contributed by atoms with Gasteiger partial charge in [0.1, 0.15) is 5.75 Å². The van der Waals surface area contributed by atoms with E-state index in [9.17, 15) is 9.59 Å². The van der Waals surface area contributed by atoms with Crippen LogP contribution in [-0.2, 0) is 22.7 Å². The largest absolute Gasteiger partial charge is 0.497 e. The van der Waals surface area contributed by atoms with Gasteiger partial charge in [0, 0.05) is 36.0 Å². The molecule has 3 aromatic carbocycles. The van der Waals surface area contributed by atoms with Gasteiger partial charge in [-0.05, 0) is 42.0 Å². The normalized spacial score (nSPS) is 10.9. The zero-order valence-electron chi connectivity index (χ0n) is 19.2. The van der Waals surface area contributed by atoms with E-state index in [1.54, 1.807) is 16.7 Å². The predicted molar refractivity (Wildman–Crippen MR) is 133 cm³/mol. The number of ether oxygens (including phenoxy) is 1. The fraction of sp³-hybridized carbons (Fsp3) is 0.107. The highest BCUT2D eigenvalue weighted by atomic mass is 16.5. The number of carboxylic acids is 1. The van der Waals surface area contributed by atoms with Crippen LogP contribution in [0.2, 0.25) is 0 Å². The maximum atomic E-state index is 13.0. The van der Waals surface area contributed by atoms with Crippen molar-refractivity contribution >= 4 is 11.9 Å². The zero-order chi connectivity index (χ0) is 24.6. The lowest BCUT2D eigenvalue weighted by molar-refractivity contribution is -0.132. The number of aliphatic carboxylic acids is 1. The topological polar surface area (TPSA) is 84.7 Å². The highest BCUT2D eigenvalue weighted by Gasteiger charge is 2.19. The van der Waals surface area contributed by atoms with E-state index < -0.39 is 11.9 Å². The van der Waals surface area contributed by atoms with Gasteiger partial charge in [-0.2, -0.15) is 5.10 Å². The highest BCUT2D eigenvalue weighted by Crippen LogP contribution is 2.27. The van der Waals surface area contributed by atoms with Crippen molar-refractivity contribution in [1.29, 1.82) is 0 Å². The number of rotatable bonds is 9. The van der Waals surface area contributed by atoms with Gasteiger partial charge in [0.2, 0.25) is 5.91 Å². The Hall–Kier alpha value is -4.65. The van der Waals surface area contributed by atoms with E-state index >= 15 is 0 Å². The number of carboxylic acid groups (broad SMARTS) is 1. The summed E-state index contributed by atoms with van der Waals surface area (Å²) in [6.07, 6.45) is 3.85. The van der Waals surface area contributed by atoms with E-state index in [4.69, 9.17) is 14.9 Å². The minimum Gasteiger partial charge on any atom is -0.497 e. The molecule has 1 heterocycles. The second-order valence-electron chi connectivity index (χ2n) is 7.86. The fourth-order valence-corrected chi connectivity index (χ4v) is 3.70. The van der Waals surface area contributed by atoms with Gasteiger partial charge in [0.15, 0.2) is 0 Å². The Labute approximate surface area is 203 Å². The van der Waals surface area contributed by atoms with Crippen LogP contribution in [0.25, 0.3) is 16.9 Å². The number of carbonyl (C=O) groups is 2. The van der Waals surface area contributed by atoms with Crippen molar-refractivity contribution in [2.24, 2.45) is 0 Å². The quantitative estimate of drug-likeness (QED) is 0.360. The van der Waals surface area contributed by atoms with Crippen LogP contribution >= 0.6 is 0 Å². The first-order chi connectivity index (χ1) is 17.0. The molecule has 0 bridgehead atoms. The summed E-state index contributed by atoms with van der Waals surface area (Å²) in [5, 5.41) is 13.8. The maximum Gasteiger partial charge on any atom is 0.328 e. The van der Waals surface area contributed by atoms with Crippen LogP contribution in [0.3, 0.4) is 0 Å². The monoisotopic (exact) mass is 467 g/mol. The van der Waals surface area contributed by atoms with Crippen molar-refractivity contribution in [2.75, 3.05) is 7.11 Å². The van der Waals surface area contributed by atoms with Crippen molar-refractivity contribution < 1.29 is 19.4 Å². The molecule has 0 saturated carbocycles. The molecule has 7 nitrogen and oxygen atoms in total. The molecule has 1 N–H and O–H groups in total. The third kappa shape index (κ3) is 6.03. The number of amides is 1. The molecule has 4 aromatic rings. The van der Waals surface area contributed by atoms with Gasteiger partial charge in [0.05, 0.1) is 25.0 Å². The van der Waals surface area contributed by atoms with Crippen LogP contribution in [0, 0.1) is 0 Å². The molecule has 0 radical (unpaired) electrons. The van der Waals surface area contributed by atoms with Crippen molar-refractivity contribution in [1.82, 2.24) is 14.7 Å². The molecule has 0 atom stereocenters. The molecule has 0 aliphatic rings. The average molecular weight is 468 g/mol. The van der Waals surface area contributed by atoms with E-state index in [0.717, 1.165) is 46.0 Å². The molecule has 0 fully saturated rings. The number of hydrogen-bond acceptors (Lipinski definition) is 4. The Bertz CT molecular complexity index is 1310. The van der Waals surface area contributed by atoms with Gasteiger partial charge >= 0.3 is 5.97 Å². The van der Waals surface area contributed by atoms with Crippen LogP contribution in [-0.4, -0.2) is 38.8 Å². The lowest BCUT2D eigenvalue weighted by atomic mass is 10.1. The van der Waals surface area contributed by atoms with Crippen LogP contribution in [0.15, 0.2) is 103 Å². The summed E-state index contributed by atoms with van der Waals surface area (Å²) in [6.45, 7) is 0.564. The minimum atomic E-state index is -1.17. The molecule has 0 aliphatic heterocycles. The molecule has 7 heteroatoms. The van der Waals surface area contributed by atoms with Crippen molar-refractivity contribution in [2.45, 2.75) is 13.1 Å². The number of para-hydroxylation sites is 1. The van der Waals surface area contributed by atoms with Gasteiger partial charge in [-0.3, -0.25) is 4.79 Å². The van der Waals surface area contributed by atoms with Crippen LogP contribution in [0.5, 0.6) is 5.75 Å². The van der Waals surface area contributed by atoms with E-state index in [1.807, 2.05) is 91.1 Å². The highest BCUT2D eigenvalue weighted by molar-refractivity contribution is 5.94. The first-order valence-corrected chi connectivity index (χ1v) is 11.1. The summed E-state index contributed by atoms with van der Waals surface area (Å²) in [5.41, 5.74) is 4.26. The molecule has 0 spiro atoms. The molecule has 0 saturated heterocycles. The Kier molecular flexibility index (Phi) is 7.37. The predicted octanol–water partition coefficient (Wildman–Crippen LogP) is 4.72. The smallest absolute Gasteiger partial charge is 0.328 e. The molecule has 1 amide bonds. The Morgan fingerprint density at radius 1 is 0.914 bits per heavy atom. The molecular formula is C28H25N3O4. The summed E-state index contributed by atoms with van der Waals surface area (Å²) < 4.78 is 7.07. The van der Waals surface area contributed by atoms with E-state index in [-0.39, 0.29) is 6.54 Å². The summed E-state index contributed by atoms with van der Waals surface area (Å²) in [5.74, 6) is -0.837. The maximum absolute atomic E-state index is 13.0. The summed E-state index contributed by atoms with van der Waals surface area (Å²) in [7, 11) is 1.61. The van der Waals surface area contributed by atoms with E-state index in [2.05, 4.69) is 0 Å². The Morgan fingerprint density at radius 2 is 1.57 bits per heavy atom. The molecule has 0 aliphatic carbocycles. The molecule has 1 aromatic heterocycles. The Morgan fingerprint density at radius 3 is 2.20 bits per heavy atom. The van der Waals surface area contributed by atoms with Gasteiger partial charge in [-0.1, -0.05) is 48.5 Å². The molecule has 176 valence electrons. The third-order valence-corrected chi connectivity index (χ3v) is 5.43. The molecular weight excluding hydrogens is 442 g/mol. The minimum absolute atomic E-state index is 0.242. The Balaban J connectivity index is 1.74. The second-order valence-corrected chi connectivity index (χ2v) is 7.86. The number of hydrogen-bond donors (Lipinski definition) is 1. The standard InChI is InChI=1S/C28H25N3O4/c1-35-25-14-12-22(13-15-25)28-23(20-31(29-28)24-10-6-3-7-11-24)19-30(26(32)16-17-27(33)34)18-21-8-4-2-5-9-21/h2-17,20H,18-19H2,1H3,(H,33,34)/b17-16-. The van der Waals surface area contributed by atoms with Crippen molar-refractivity contribution in [3.05, 3.63) is 114 Å². The number of carbonyl (C=O) groups excluding carboxylic acids is 1. The summed E-state index contributed by atoms with van der Waals surface area (Å²) >= 11 is 0. The third-order valence-electron chi connectivity index (χ3n) is 5.43. The second kappa shape index (κ2) is 11.0. The average Bonchev–Trinajstić information content (AvgIpc) is 3.32. The van der Waals surface area contributed by atoms with Crippen LogP contribution < -0.4 is 4.74 Å². The SMILES string of the molecule is COc1ccc(-c2nn(-c3ccccc3)cc2CN(Cc2ccccc2)C(=O)/C=C\C(=O)O)cc1. The molecule has 0 unspecified atom stereocenters. The lowest BCUT2D eigenvalue weighted by Crippen LogP contribution is -2.28. The van der Waals surface area contributed by atoms with Crippen LogP contribution in [0.4, 0.5) is 0 Å². The summed E-state index contributed by atoms with van der Waals surface area (Å²) in [6, 6.07) is 26.9. The number of methoxy groups -OCH3 is 1. The van der Waals surface area contributed by atoms with Crippen molar-refractivity contribution in [3.63, 3.8) is 0 Å². The van der Waals surface area contributed by atoms with Crippen LogP contribution in [0.1, 0.15) is 11.1 Å². The van der Waals surface area contributed by atoms with E-state index in [1.165, 1.54) is 0 Å². The fourth-order valence-electron chi connectivity index (χ4n) is 3.70. The first-order valence-electron chi connectivity index (χ1n) is 11.1. The van der Waals surface area contributed by atoms with E-state index in [0.29, 0.717) is 6.54 Å². The lowest BCUT2D eigenvalue weighted by Gasteiger charge is -2.21. The van der Waals surface area contributed by atoms with Gasteiger partial charge in [0.25, 0.3) is 0 Å². The molecule has 35 heavy (non-hydrogen) atoms. The first kappa shape index (κ1) is 23.5. The molecule has 4 rings (SSSR count). The van der Waals surface area contributed by atoms with Gasteiger partial charge < -0.3 is 14.7 Å². The number of aromatic nitrogens is 2. The summed E-state index contributed by atoms with van der Waals surface area (Å²) in [4.78, 5) is 25.6. The van der Waals surface area contributed by atoms with Gasteiger partial charge in [-0.15, -0.1) is 0 Å².